The Morgan fingerprint density at radius 3 is 2.61 bits per heavy atom. The summed E-state index contributed by atoms with van der Waals surface area (Å²) >= 11 is 7.83. The summed E-state index contributed by atoms with van der Waals surface area (Å²) in [4.78, 5) is 6.87. The fraction of sp³-hybridized carbons (Fsp3) is 0.500. The van der Waals surface area contributed by atoms with Gasteiger partial charge >= 0.3 is 0 Å². The van der Waals surface area contributed by atoms with Gasteiger partial charge in [-0.25, -0.2) is 4.98 Å². The Morgan fingerprint density at radius 1 is 1.07 bits per heavy atom. The molecular formula is C20H23ClN6S. The topological polar surface area (TPSA) is 59.7 Å². The predicted octanol–water partition coefficient (Wildman–Crippen LogP) is 4.47. The maximum atomic E-state index is 6.27. The lowest BCUT2D eigenvalue weighted by atomic mass is 9.82. The summed E-state index contributed by atoms with van der Waals surface area (Å²) < 4.78 is 6.64. The van der Waals surface area contributed by atoms with Crippen molar-refractivity contribution in [2.24, 2.45) is 0 Å². The van der Waals surface area contributed by atoms with Crippen LogP contribution in [-0.4, -0.2) is 36.1 Å². The van der Waals surface area contributed by atoms with Crippen LogP contribution in [0.3, 0.4) is 0 Å². The molecule has 5 rings (SSSR count). The van der Waals surface area contributed by atoms with E-state index >= 15 is 0 Å². The Kier molecular flexibility index (Phi) is 4.69. The smallest absolute Gasteiger partial charge is 0.151 e. The van der Waals surface area contributed by atoms with Crippen molar-refractivity contribution in [3.63, 3.8) is 0 Å². The van der Waals surface area contributed by atoms with E-state index in [1.54, 1.807) is 11.5 Å². The maximum Gasteiger partial charge on any atom is 0.151 e. The monoisotopic (exact) mass is 414 g/mol. The molecule has 1 aliphatic carbocycles. The second-order valence-corrected chi connectivity index (χ2v) is 9.20. The Morgan fingerprint density at radius 2 is 1.86 bits per heavy atom. The van der Waals surface area contributed by atoms with Crippen LogP contribution in [0.2, 0.25) is 5.02 Å². The van der Waals surface area contributed by atoms with Gasteiger partial charge in [0, 0.05) is 23.4 Å². The third-order valence-corrected chi connectivity index (χ3v) is 7.08. The largest absolute Gasteiger partial charge is 0.295 e. The molecule has 0 spiro atoms. The Labute approximate surface area is 173 Å². The standard InChI is InChI=1S/C20H23ClN6S/c1-12-22-20(28-25-12)14-5-3-13(4-6-14)19-24-23-18-11-26(2)10-15-9-16(21)7-8-17(15)27(18)19/h7-9,13-14H,3-6,10-11H2,1-2H3/t13-,14-. The lowest BCUT2D eigenvalue weighted by Gasteiger charge is -2.27. The van der Waals surface area contributed by atoms with E-state index in [4.69, 9.17) is 11.6 Å². The van der Waals surface area contributed by atoms with Crippen LogP contribution in [-0.2, 0) is 13.1 Å². The molecule has 0 unspecified atom stereocenters. The van der Waals surface area contributed by atoms with E-state index in [1.807, 2.05) is 13.0 Å². The molecule has 0 radical (unpaired) electrons. The highest BCUT2D eigenvalue weighted by Gasteiger charge is 2.31. The van der Waals surface area contributed by atoms with E-state index in [0.717, 1.165) is 61.3 Å². The maximum absolute atomic E-state index is 6.27. The highest BCUT2D eigenvalue weighted by molar-refractivity contribution is 7.05. The first-order valence-electron chi connectivity index (χ1n) is 9.80. The first-order valence-corrected chi connectivity index (χ1v) is 11.0. The number of hydrogen-bond donors (Lipinski definition) is 0. The van der Waals surface area contributed by atoms with Crippen molar-refractivity contribution < 1.29 is 0 Å². The molecule has 1 aliphatic heterocycles. The van der Waals surface area contributed by atoms with Crippen LogP contribution in [0.5, 0.6) is 0 Å². The molecule has 28 heavy (non-hydrogen) atoms. The molecule has 2 aliphatic rings. The summed E-state index contributed by atoms with van der Waals surface area (Å²) in [7, 11) is 2.12. The first-order chi connectivity index (χ1) is 13.6. The number of aryl methyl sites for hydroxylation is 1. The molecular weight excluding hydrogens is 392 g/mol. The van der Waals surface area contributed by atoms with Gasteiger partial charge in [0.15, 0.2) is 5.82 Å². The van der Waals surface area contributed by atoms with Crippen LogP contribution in [0.15, 0.2) is 18.2 Å². The van der Waals surface area contributed by atoms with Crippen molar-refractivity contribution in [3.05, 3.63) is 51.3 Å². The number of benzene rings is 1. The SMILES string of the molecule is Cc1nsc([C@H]2CC[C@H](c3nnc4n3-c3ccc(Cl)cc3CN(C)C4)CC2)n1. The van der Waals surface area contributed by atoms with Crippen LogP contribution < -0.4 is 0 Å². The number of hydrogen-bond acceptors (Lipinski definition) is 6. The van der Waals surface area contributed by atoms with E-state index in [2.05, 4.69) is 48.2 Å². The minimum absolute atomic E-state index is 0.429. The zero-order valence-electron chi connectivity index (χ0n) is 16.1. The molecule has 3 heterocycles. The minimum atomic E-state index is 0.429. The summed E-state index contributed by atoms with van der Waals surface area (Å²) in [6, 6.07) is 6.15. The van der Waals surface area contributed by atoms with Gasteiger partial charge in [-0.2, -0.15) is 4.37 Å². The normalized spacial score (nSPS) is 22.5. The van der Waals surface area contributed by atoms with Gasteiger partial charge in [0.25, 0.3) is 0 Å². The van der Waals surface area contributed by atoms with Gasteiger partial charge in [-0.15, -0.1) is 10.2 Å². The molecule has 3 aromatic rings. The fourth-order valence-corrected chi connectivity index (χ4v) is 5.54. The second kappa shape index (κ2) is 7.21. The molecule has 8 heteroatoms. The van der Waals surface area contributed by atoms with Crippen LogP contribution in [0.25, 0.3) is 5.69 Å². The number of halogens is 1. The van der Waals surface area contributed by atoms with Gasteiger partial charge in [0.1, 0.15) is 16.7 Å². The van der Waals surface area contributed by atoms with Crippen molar-refractivity contribution in [1.29, 1.82) is 0 Å². The van der Waals surface area contributed by atoms with Crippen LogP contribution >= 0.6 is 23.1 Å². The Hall–Kier alpha value is -1.83. The Bertz CT molecular complexity index is 1000. The van der Waals surface area contributed by atoms with Gasteiger partial charge in [-0.3, -0.25) is 9.47 Å². The van der Waals surface area contributed by atoms with E-state index in [9.17, 15) is 0 Å². The summed E-state index contributed by atoms with van der Waals surface area (Å²) in [5.74, 6) is 3.97. The zero-order chi connectivity index (χ0) is 19.3. The predicted molar refractivity (Wildman–Crippen MR) is 110 cm³/mol. The molecule has 0 bridgehead atoms. The van der Waals surface area contributed by atoms with Gasteiger partial charge in [-0.1, -0.05) is 11.6 Å². The highest BCUT2D eigenvalue weighted by Crippen LogP contribution is 2.41. The number of fused-ring (bicyclic) bond motifs is 3. The average Bonchev–Trinajstić information content (AvgIpc) is 3.25. The summed E-state index contributed by atoms with van der Waals surface area (Å²) in [6.07, 6.45) is 4.49. The van der Waals surface area contributed by atoms with Crippen molar-refractivity contribution >= 4 is 23.1 Å². The van der Waals surface area contributed by atoms with Gasteiger partial charge < -0.3 is 0 Å². The molecule has 0 saturated heterocycles. The second-order valence-electron chi connectivity index (χ2n) is 7.98. The first kappa shape index (κ1) is 18.2. The summed E-state index contributed by atoms with van der Waals surface area (Å²) in [5.41, 5.74) is 2.40. The third-order valence-electron chi connectivity index (χ3n) is 5.87. The van der Waals surface area contributed by atoms with Crippen molar-refractivity contribution in [2.75, 3.05) is 7.05 Å². The molecule has 0 amide bonds. The molecule has 2 aromatic heterocycles. The quantitative estimate of drug-likeness (QED) is 0.619. The zero-order valence-corrected chi connectivity index (χ0v) is 17.7. The van der Waals surface area contributed by atoms with Crippen molar-refractivity contribution in [2.45, 2.75) is 57.5 Å². The molecule has 1 saturated carbocycles. The summed E-state index contributed by atoms with van der Waals surface area (Å²) in [5, 5.41) is 11.2. The highest BCUT2D eigenvalue weighted by atomic mass is 35.5. The molecule has 0 atom stereocenters. The summed E-state index contributed by atoms with van der Waals surface area (Å²) in [6.45, 7) is 3.62. The lowest BCUT2D eigenvalue weighted by Crippen LogP contribution is -2.17. The number of nitrogens with zero attached hydrogens (tertiary/aromatic N) is 6. The lowest BCUT2D eigenvalue weighted by molar-refractivity contribution is 0.315. The van der Waals surface area contributed by atoms with Gasteiger partial charge in [-0.05, 0) is 74.9 Å². The number of rotatable bonds is 2. The van der Waals surface area contributed by atoms with E-state index in [0.29, 0.717) is 11.8 Å². The average molecular weight is 415 g/mol. The van der Waals surface area contributed by atoms with Gasteiger partial charge in [0.05, 0.1) is 12.2 Å². The van der Waals surface area contributed by atoms with E-state index < -0.39 is 0 Å². The molecule has 1 aromatic carbocycles. The van der Waals surface area contributed by atoms with Crippen LogP contribution in [0, 0.1) is 6.92 Å². The Balaban J connectivity index is 1.45. The van der Waals surface area contributed by atoms with Crippen LogP contribution in [0.4, 0.5) is 0 Å². The minimum Gasteiger partial charge on any atom is -0.295 e. The van der Waals surface area contributed by atoms with Gasteiger partial charge in [0.2, 0.25) is 0 Å². The fourth-order valence-electron chi connectivity index (χ4n) is 4.52. The number of aromatic nitrogens is 5. The van der Waals surface area contributed by atoms with E-state index in [1.165, 1.54) is 16.3 Å². The van der Waals surface area contributed by atoms with E-state index in [-0.39, 0.29) is 0 Å². The molecule has 6 nitrogen and oxygen atoms in total. The van der Waals surface area contributed by atoms with Crippen molar-refractivity contribution in [1.82, 2.24) is 29.0 Å². The molecule has 1 fully saturated rings. The third kappa shape index (κ3) is 3.25. The van der Waals surface area contributed by atoms with Crippen molar-refractivity contribution in [3.8, 4) is 5.69 Å². The molecule has 0 N–H and O–H groups in total. The van der Waals surface area contributed by atoms with Crippen LogP contribution in [0.1, 0.15) is 65.6 Å². The molecule has 146 valence electrons.